The van der Waals surface area contributed by atoms with Crippen LogP contribution in [0.3, 0.4) is 0 Å². The number of halogens is 4. The second-order valence-electron chi connectivity index (χ2n) is 5.68. The Morgan fingerprint density at radius 3 is 2.41 bits per heavy atom. The number of carboxylic acid groups (broad SMARTS) is 1. The zero-order valence-electron chi connectivity index (χ0n) is 14.4. The quantitative estimate of drug-likeness (QED) is 0.634. The molecule has 0 aromatic heterocycles. The molecule has 27 heavy (non-hydrogen) atoms. The predicted octanol–water partition coefficient (Wildman–Crippen LogP) is 5.49. The van der Waals surface area contributed by atoms with Gasteiger partial charge in [-0.05, 0) is 30.7 Å². The van der Waals surface area contributed by atoms with Crippen molar-refractivity contribution < 1.29 is 32.5 Å². The lowest BCUT2D eigenvalue weighted by molar-refractivity contribution is -0.140. The summed E-state index contributed by atoms with van der Waals surface area (Å²) in [5, 5.41) is 8.56. The minimum atomic E-state index is -4.53. The summed E-state index contributed by atoms with van der Waals surface area (Å²) in [4.78, 5) is 10.9. The highest BCUT2D eigenvalue weighted by molar-refractivity contribution is 6.32. The Bertz CT molecular complexity index is 776. The molecule has 4 nitrogen and oxygen atoms in total. The molecule has 0 radical (unpaired) electrons. The van der Waals surface area contributed by atoms with Gasteiger partial charge in [0.25, 0.3) is 0 Å². The highest BCUT2D eigenvalue weighted by atomic mass is 35.5. The summed E-state index contributed by atoms with van der Waals surface area (Å²) in [6, 6.07) is 10.2. The number of benzene rings is 2. The van der Waals surface area contributed by atoms with Crippen molar-refractivity contribution in [1.29, 1.82) is 0 Å². The summed E-state index contributed by atoms with van der Waals surface area (Å²) in [7, 11) is 0. The van der Waals surface area contributed by atoms with Crippen molar-refractivity contribution in [2.75, 3.05) is 6.61 Å². The Morgan fingerprint density at radius 1 is 1.19 bits per heavy atom. The van der Waals surface area contributed by atoms with Crippen LogP contribution in [0.25, 0.3) is 0 Å². The molecular weight excluding hydrogens is 385 g/mol. The molecule has 0 fully saturated rings. The molecule has 2 aromatic rings. The molecule has 0 heterocycles. The average molecular weight is 403 g/mol. The van der Waals surface area contributed by atoms with Gasteiger partial charge in [0.15, 0.2) is 0 Å². The first kappa shape index (κ1) is 21.1. The van der Waals surface area contributed by atoms with Gasteiger partial charge in [0.05, 0.1) is 23.1 Å². The number of hydrogen-bond donors (Lipinski definition) is 1. The Hall–Kier alpha value is -2.25. The largest absolute Gasteiger partial charge is 0.489 e. The summed E-state index contributed by atoms with van der Waals surface area (Å²) in [6.45, 7) is 2.00. The molecule has 0 spiro atoms. The lowest BCUT2D eigenvalue weighted by Gasteiger charge is -2.16. The third-order valence-corrected chi connectivity index (χ3v) is 4.20. The summed E-state index contributed by atoms with van der Waals surface area (Å²) in [5.41, 5.74) is -0.0221. The Balaban J connectivity index is 2.08. The lowest BCUT2D eigenvalue weighted by Crippen LogP contribution is -2.10. The maximum atomic E-state index is 12.9. The van der Waals surface area contributed by atoms with E-state index >= 15 is 0 Å². The molecule has 0 aliphatic carbocycles. The first-order chi connectivity index (χ1) is 12.7. The van der Waals surface area contributed by atoms with Crippen molar-refractivity contribution in [2.45, 2.75) is 32.2 Å². The number of hydrogen-bond acceptors (Lipinski definition) is 3. The SMILES string of the molecule is CCO[C@@H](CC(=O)O)c1ccc(OCc2cccc(C(F)(F)F)c2Cl)cc1. The average Bonchev–Trinajstić information content (AvgIpc) is 2.59. The Labute approximate surface area is 159 Å². The molecular formula is C19H18ClF3O4. The highest BCUT2D eigenvalue weighted by Crippen LogP contribution is 2.36. The van der Waals surface area contributed by atoms with Crippen LogP contribution in [0.15, 0.2) is 42.5 Å². The Kier molecular flexibility index (Phi) is 7.10. The third-order valence-electron chi connectivity index (χ3n) is 3.76. The van der Waals surface area contributed by atoms with E-state index < -0.39 is 23.8 Å². The molecule has 146 valence electrons. The van der Waals surface area contributed by atoms with Gasteiger partial charge in [0.1, 0.15) is 12.4 Å². The normalized spacial score (nSPS) is 12.6. The van der Waals surface area contributed by atoms with Gasteiger partial charge in [-0.3, -0.25) is 4.79 Å². The van der Waals surface area contributed by atoms with Crippen molar-refractivity contribution >= 4 is 17.6 Å². The molecule has 0 saturated carbocycles. The van der Waals surface area contributed by atoms with Crippen molar-refractivity contribution in [2.24, 2.45) is 0 Å². The molecule has 0 aliphatic heterocycles. The van der Waals surface area contributed by atoms with E-state index in [2.05, 4.69) is 0 Å². The van der Waals surface area contributed by atoms with Crippen molar-refractivity contribution in [1.82, 2.24) is 0 Å². The molecule has 0 unspecified atom stereocenters. The first-order valence-electron chi connectivity index (χ1n) is 8.13. The van der Waals surface area contributed by atoms with Crippen LogP contribution in [-0.4, -0.2) is 17.7 Å². The molecule has 8 heteroatoms. The van der Waals surface area contributed by atoms with Gasteiger partial charge in [-0.2, -0.15) is 13.2 Å². The van der Waals surface area contributed by atoms with E-state index in [1.165, 1.54) is 12.1 Å². The number of carbonyl (C=O) groups is 1. The highest BCUT2D eigenvalue weighted by Gasteiger charge is 2.33. The summed E-state index contributed by atoms with van der Waals surface area (Å²) < 4.78 is 49.6. The molecule has 0 aliphatic rings. The van der Waals surface area contributed by atoms with Crippen LogP contribution in [0.5, 0.6) is 5.75 Å². The van der Waals surface area contributed by atoms with Gasteiger partial charge in [0, 0.05) is 12.2 Å². The van der Waals surface area contributed by atoms with E-state index in [1.54, 1.807) is 31.2 Å². The monoisotopic (exact) mass is 402 g/mol. The predicted molar refractivity (Wildman–Crippen MR) is 93.8 cm³/mol. The number of alkyl halides is 3. The zero-order chi connectivity index (χ0) is 20.0. The fraction of sp³-hybridized carbons (Fsp3) is 0.316. The van der Waals surface area contributed by atoms with Gasteiger partial charge in [0.2, 0.25) is 0 Å². The van der Waals surface area contributed by atoms with Crippen molar-refractivity contribution in [3.8, 4) is 5.75 Å². The summed E-state index contributed by atoms with van der Waals surface area (Å²) in [5.74, 6) is -0.564. The van der Waals surface area contributed by atoms with Crippen molar-refractivity contribution in [3.05, 3.63) is 64.2 Å². The van der Waals surface area contributed by atoms with E-state index in [9.17, 15) is 18.0 Å². The fourth-order valence-corrected chi connectivity index (χ4v) is 2.77. The summed E-state index contributed by atoms with van der Waals surface area (Å²) >= 11 is 5.84. The standard InChI is InChI=1S/C19H18ClF3O4/c1-2-26-16(10-17(24)25)12-6-8-14(9-7-12)27-11-13-4-3-5-15(18(13)20)19(21,22)23/h3-9,16H,2,10-11H2,1H3,(H,24,25)/t16-/m0/s1. The maximum absolute atomic E-state index is 12.9. The van der Waals surface area contributed by atoms with Crippen molar-refractivity contribution in [3.63, 3.8) is 0 Å². The summed E-state index contributed by atoms with van der Waals surface area (Å²) in [6.07, 6.45) is -5.29. The first-order valence-corrected chi connectivity index (χ1v) is 8.51. The minimum Gasteiger partial charge on any atom is -0.489 e. The molecule has 0 saturated heterocycles. The Morgan fingerprint density at radius 2 is 1.85 bits per heavy atom. The topological polar surface area (TPSA) is 55.8 Å². The van der Waals surface area contributed by atoms with Crippen LogP contribution < -0.4 is 4.74 Å². The number of carboxylic acids is 1. The zero-order valence-corrected chi connectivity index (χ0v) is 15.2. The van der Waals surface area contributed by atoms with E-state index in [-0.39, 0.29) is 23.6 Å². The number of rotatable bonds is 8. The van der Waals surface area contributed by atoms with E-state index in [0.29, 0.717) is 17.9 Å². The van der Waals surface area contributed by atoms with E-state index in [0.717, 1.165) is 6.07 Å². The molecule has 2 aromatic carbocycles. The van der Waals surface area contributed by atoms with E-state index in [1.807, 2.05) is 0 Å². The molecule has 1 N–H and O–H groups in total. The van der Waals surface area contributed by atoms with Crippen LogP contribution in [0.4, 0.5) is 13.2 Å². The van der Waals surface area contributed by atoms with Crippen LogP contribution >= 0.6 is 11.6 Å². The van der Waals surface area contributed by atoms with Gasteiger partial charge in [-0.15, -0.1) is 0 Å². The minimum absolute atomic E-state index is 0.133. The molecule has 1 atom stereocenters. The van der Waals surface area contributed by atoms with Crippen LogP contribution in [0.1, 0.15) is 36.1 Å². The van der Waals surface area contributed by atoms with Crippen LogP contribution in [0, 0.1) is 0 Å². The second kappa shape index (κ2) is 9.10. The van der Waals surface area contributed by atoms with Gasteiger partial charge >= 0.3 is 12.1 Å². The molecule has 0 bridgehead atoms. The smallest absolute Gasteiger partial charge is 0.417 e. The maximum Gasteiger partial charge on any atom is 0.417 e. The molecule has 0 amide bonds. The van der Waals surface area contributed by atoms with Gasteiger partial charge in [-0.25, -0.2) is 0 Å². The fourth-order valence-electron chi connectivity index (χ4n) is 2.48. The van der Waals surface area contributed by atoms with Gasteiger partial charge < -0.3 is 14.6 Å². The lowest BCUT2D eigenvalue weighted by atomic mass is 10.1. The molecule has 2 rings (SSSR count). The van der Waals surface area contributed by atoms with Gasteiger partial charge in [-0.1, -0.05) is 35.9 Å². The van der Waals surface area contributed by atoms with Crippen LogP contribution in [-0.2, 0) is 22.3 Å². The second-order valence-corrected chi connectivity index (χ2v) is 6.05. The van der Waals surface area contributed by atoms with E-state index in [4.69, 9.17) is 26.2 Å². The number of ether oxygens (including phenoxy) is 2. The number of aliphatic carboxylic acids is 1. The third kappa shape index (κ3) is 5.87. The van der Waals surface area contributed by atoms with Crippen LogP contribution in [0.2, 0.25) is 5.02 Å².